The number of primary amides is 1. The van der Waals surface area contributed by atoms with Crippen molar-refractivity contribution in [2.75, 3.05) is 0 Å². The predicted octanol–water partition coefficient (Wildman–Crippen LogP) is 1.20. The molecule has 1 amide bonds. The summed E-state index contributed by atoms with van der Waals surface area (Å²) in [4.78, 5) is 10.5. The van der Waals surface area contributed by atoms with Crippen molar-refractivity contribution in [3.63, 3.8) is 0 Å². The van der Waals surface area contributed by atoms with Crippen LogP contribution in [0.4, 0.5) is 4.39 Å². The van der Waals surface area contributed by atoms with Gasteiger partial charge in [-0.15, -0.1) is 0 Å². The van der Waals surface area contributed by atoms with E-state index in [-0.39, 0.29) is 5.82 Å². The first-order valence-electron chi connectivity index (χ1n) is 4.27. The number of benzene rings is 1. The van der Waals surface area contributed by atoms with E-state index in [2.05, 4.69) is 10.2 Å². The summed E-state index contributed by atoms with van der Waals surface area (Å²) in [6.07, 6.45) is 4.04. The third-order valence-electron chi connectivity index (χ3n) is 1.97. The van der Waals surface area contributed by atoms with Gasteiger partial charge in [0.15, 0.2) is 0 Å². The lowest BCUT2D eigenvalue weighted by Gasteiger charge is -1.95. The van der Waals surface area contributed by atoms with Gasteiger partial charge in [0.25, 0.3) is 0 Å². The lowest BCUT2D eigenvalue weighted by Crippen LogP contribution is -2.05. The number of nitrogens with two attached hydrogens (primary N) is 1. The average molecular weight is 205 g/mol. The number of carbonyl (C=O) groups excluding carboxylic acids is 1. The molecule has 3 N–H and O–H groups in total. The maximum Gasteiger partial charge on any atom is 0.241 e. The molecule has 76 valence electrons. The van der Waals surface area contributed by atoms with Crippen molar-refractivity contribution in [3.8, 4) is 0 Å². The van der Waals surface area contributed by atoms with Crippen LogP contribution < -0.4 is 5.73 Å². The van der Waals surface area contributed by atoms with Gasteiger partial charge in [-0.2, -0.15) is 5.10 Å². The van der Waals surface area contributed by atoms with Crippen molar-refractivity contribution in [2.24, 2.45) is 5.73 Å². The number of carbonyl (C=O) groups is 1. The van der Waals surface area contributed by atoms with Gasteiger partial charge < -0.3 is 5.73 Å². The van der Waals surface area contributed by atoms with Gasteiger partial charge in [0.05, 0.1) is 17.1 Å². The molecule has 4 nitrogen and oxygen atoms in total. The molecule has 0 saturated carbocycles. The fourth-order valence-corrected chi connectivity index (χ4v) is 1.30. The van der Waals surface area contributed by atoms with Crippen LogP contribution in [0.2, 0.25) is 0 Å². The minimum Gasteiger partial charge on any atom is -0.366 e. The molecule has 0 saturated heterocycles. The zero-order valence-electron chi connectivity index (χ0n) is 7.70. The number of amides is 1. The summed E-state index contributed by atoms with van der Waals surface area (Å²) in [6.45, 7) is 0. The zero-order valence-corrected chi connectivity index (χ0v) is 7.70. The lowest BCUT2D eigenvalue weighted by atomic mass is 10.1. The minimum absolute atomic E-state index is 0.384. The number of nitrogens with one attached hydrogen (secondary N) is 1. The van der Waals surface area contributed by atoms with Crippen LogP contribution in [0.3, 0.4) is 0 Å². The molecular formula is C10H8FN3O. The van der Waals surface area contributed by atoms with Gasteiger partial charge in [-0.05, 0) is 23.8 Å². The molecule has 1 aromatic heterocycles. The monoisotopic (exact) mass is 205 g/mol. The molecule has 15 heavy (non-hydrogen) atoms. The van der Waals surface area contributed by atoms with E-state index in [0.717, 1.165) is 0 Å². The molecule has 0 unspecified atom stereocenters. The number of hydrogen-bond donors (Lipinski definition) is 2. The molecule has 1 aromatic carbocycles. The number of H-pyrrole nitrogens is 1. The van der Waals surface area contributed by atoms with Gasteiger partial charge in [-0.3, -0.25) is 9.89 Å². The van der Waals surface area contributed by atoms with E-state index in [0.29, 0.717) is 16.5 Å². The second-order valence-electron chi connectivity index (χ2n) is 3.07. The first-order chi connectivity index (χ1) is 7.16. The molecule has 0 radical (unpaired) electrons. The third-order valence-corrected chi connectivity index (χ3v) is 1.97. The van der Waals surface area contributed by atoms with Gasteiger partial charge in [0, 0.05) is 6.08 Å². The summed E-state index contributed by atoms with van der Waals surface area (Å²) in [5.41, 5.74) is 6.07. The predicted molar refractivity (Wildman–Crippen MR) is 54.3 cm³/mol. The summed E-state index contributed by atoms with van der Waals surface area (Å²) >= 11 is 0. The second-order valence-corrected chi connectivity index (χ2v) is 3.07. The molecule has 0 aliphatic carbocycles. The van der Waals surface area contributed by atoms with E-state index >= 15 is 0 Å². The minimum atomic E-state index is -0.569. The van der Waals surface area contributed by atoms with E-state index in [1.54, 1.807) is 6.07 Å². The van der Waals surface area contributed by atoms with Crippen molar-refractivity contribution in [3.05, 3.63) is 35.8 Å². The van der Waals surface area contributed by atoms with E-state index in [4.69, 9.17) is 5.73 Å². The van der Waals surface area contributed by atoms with Crippen LogP contribution >= 0.6 is 0 Å². The topological polar surface area (TPSA) is 71.8 Å². The number of nitrogens with zero attached hydrogens (tertiary/aromatic N) is 1. The quantitative estimate of drug-likeness (QED) is 0.723. The Labute approximate surface area is 84.6 Å². The summed E-state index contributed by atoms with van der Waals surface area (Å²) in [7, 11) is 0. The molecule has 0 fully saturated rings. The fourth-order valence-electron chi connectivity index (χ4n) is 1.30. The number of aromatic nitrogens is 2. The molecular weight excluding hydrogens is 197 g/mol. The van der Waals surface area contributed by atoms with Gasteiger partial charge in [0.2, 0.25) is 5.91 Å². The van der Waals surface area contributed by atoms with E-state index in [9.17, 15) is 9.18 Å². The Morgan fingerprint density at radius 1 is 1.53 bits per heavy atom. The smallest absolute Gasteiger partial charge is 0.241 e. The maximum absolute atomic E-state index is 13.4. The van der Waals surface area contributed by atoms with Crippen LogP contribution in [0.15, 0.2) is 24.4 Å². The maximum atomic E-state index is 13.4. The van der Waals surface area contributed by atoms with Crippen molar-refractivity contribution < 1.29 is 9.18 Å². The summed E-state index contributed by atoms with van der Waals surface area (Å²) < 4.78 is 13.4. The molecule has 0 bridgehead atoms. The Morgan fingerprint density at radius 3 is 3.07 bits per heavy atom. The molecule has 0 aliphatic heterocycles. The standard InChI is InChI=1S/C10H8FN3O/c11-8-3-6(1-2-10(12)15)4-9-7(8)5-13-14-9/h1-5H,(H2,12,15)(H,13,14). The van der Waals surface area contributed by atoms with Crippen LogP contribution in [0.25, 0.3) is 17.0 Å². The Morgan fingerprint density at radius 2 is 2.33 bits per heavy atom. The number of hydrogen-bond acceptors (Lipinski definition) is 2. The van der Waals surface area contributed by atoms with Crippen molar-refractivity contribution >= 4 is 22.9 Å². The Balaban J connectivity index is 2.49. The third kappa shape index (κ3) is 1.85. The van der Waals surface area contributed by atoms with Crippen LogP contribution in [-0.4, -0.2) is 16.1 Å². The molecule has 2 rings (SSSR count). The second kappa shape index (κ2) is 3.53. The highest BCUT2D eigenvalue weighted by molar-refractivity contribution is 5.91. The molecule has 5 heteroatoms. The molecule has 2 aromatic rings. The summed E-state index contributed by atoms with van der Waals surface area (Å²) in [5, 5.41) is 6.79. The molecule has 0 aliphatic rings. The number of halogens is 1. The number of rotatable bonds is 2. The van der Waals surface area contributed by atoms with Gasteiger partial charge >= 0.3 is 0 Å². The van der Waals surface area contributed by atoms with Gasteiger partial charge in [-0.1, -0.05) is 0 Å². The Hall–Kier alpha value is -2.17. The van der Waals surface area contributed by atoms with E-state index < -0.39 is 5.91 Å². The van der Waals surface area contributed by atoms with Crippen molar-refractivity contribution in [2.45, 2.75) is 0 Å². The average Bonchev–Trinajstić information content (AvgIpc) is 2.63. The zero-order chi connectivity index (χ0) is 10.8. The Bertz CT molecular complexity index is 545. The summed E-state index contributed by atoms with van der Waals surface area (Å²) in [5.74, 6) is -0.953. The van der Waals surface area contributed by atoms with Crippen LogP contribution in [-0.2, 0) is 4.79 Å². The highest BCUT2D eigenvalue weighted by Crippen LogP contribution is 2.18. The molecule has 0 atom stereocenters. The first-order valence-corrected chi connectivity index (χ1v) is 4.27. The highest BCUT2D eigenvalue weighted by atomic mass is 19.1. The molecule has 0 spiro atoms. The number of aromatic amines is 1. The van der Waals surface area contributed by atoms with Crippen LogP contribution in [0, 0.1) is 5.82 Å². The fraction of sp³-hybridized carbons (Fsp3) is 0. The highest BCUT2D eigenvalue weighted by Gasteiger charge is 2.03. The van der Waals surface area contributed by atoms with E-state index in [1.165, 1.54) is 24.4 Å². The molecule has 1 heterocycles. The van der Waals surface area contributed by atoms with Crippen LogP contribution in [0.1, 0.15) is 5.56 Å². The normalized spacial score (nSPS) is 11.3. The summed E-state index contributed by atoms with van der Waals surface area (Å²) in [6, 6.07) is 3.00. The van der Waals surface area contributed by atoms with Gasteiger partial charge in [-0.25, -0.2) is 4.39 Å². The largest absolute Gasteiger partial charge is 0.366 e. The van der Waals surface area contributed by atoms with E-state index in [1.807, 2.05) is 0 Å². The van der Waals surface area contributed by atoms with Crippen molar-refractivity contribution in [1.82, 2.24) is 10.2 Å². The van der Waals surface area contributed by atoms with Crippen LogP contribution in [0.5, 0.6) is 0 Å². The first kappa shape index (κ1) is 9.39. The lowest BCUT2D eigenvalue weighted by molar-refractivity contribution is -0.113. The van der Waals surface area contributed by atoms with Crippen molar-refractivity contribution in [1.29, 1.82) is 0 Å². The number of fused-ring (bicyclic) bond motifs is 1. The SMILES string of the molecule is NC(=O)C=Cc1cc(F)c2cn[nH]c2c1. The Kier molecular flexibility index (Phi) is 2.21. The van der Waals surface area contributed by atoms with Gasteiger partial charge in [0.1, 0.15) is 5.82 Å².